The van der Waals surface area contributed by atoms with Crippen molar-refractivity contribution >= 4 is 10.8 Å². The summed E-state index contributed by atoms with van der Waals surface area (Å²) in [7, 11) is 0. The predicted molar refractivity (Wildman–Crippen MR) is 217 cm³/mol. The zero-order valence-corrected chi connectivity index (χ0v) is 29.4. The molecule has 3 aliphatic rings. The first-order valence-corrected chi connectivity index (χ1v) is 18.6. The molecule has 0 bridgehead atoms. The van der Waals surface area contributed by atoms with Crippen LogP contribution < -0.4 is 4.74 Å². The van der Waals surface area contributed by atoms with Crippen LogP contribution in [0, 0.1) is 0 Å². The van der Waals surface area contributed by atoms with E-state index in [-0.39, 0.29) is 6.10 Å². The van der Waals surface area contributed by atoms with E-state index in [1.54, 1.807) is 0 Å². The summed E-state index contributed by atoms with van der Waals surface area (Å²) in [5.74, 6) is 2.79. The third-order valence-electron chi connectivity index (χ3n) is 11.3. The van der Waals surface area contributed by atoms with Gasteiger partial charge in [0.25, 0.3) is 0 Å². The average Bonchev–Trinajstić information content (AvgIpc) is 3.54. The van der Waals surface area contributed by atoms with Crippen LogP contribution in [-0.2, 0) is 5.41 Å². The second kappa shape index (κ2) is 12.1. The van der Waals surface area contributed by atoms with Gasteiger partial charge in [0.15, 0.2) is 17.5 Å². The maximum atomic E-state index is 7.19. The molecule has 8 aromatic rings. The number of hydrogen-bond acceptors (Lipinski definition) is 4. The van der Waals surface area contributed by atoms with E-state index in [9.17, 15) is 0 Å². The lowest BCUT2D eigenvalue weighted by atomic mass is 9.62. The first-order valence-electron chi connectivity index (χ1n) is 18.6. The Balaban J connectivity index is 1.16. The van der Waals surface area contributed by atoms with Crippen molar-refractivity contribution in [2.24, 2.45) is 0 Å². The smallest absolute Gasteiger partial charge is 0.164 e. The normalized spacial score (nSPS) is 15.9. The summed E-state index contributed by atoms with van der Waals surface area (Å²) in [4.78, 5) is 15.6. The van der Waals surface area contributed by atoms with Crippen molar-refractivity contribution < 1.29 is 4.74 Å². The maximum Gasteiger partial charge on any atom is 0.164 e. The lowest BCUT2D eigenvalue weighted by Gasteiger charge is -2.45. The van der Waals surface area contributed by atoms with Crippen molar-refractivity contribution in [3.8, 4) is 62.2 Å². The van der Waals surface area contributed by atoms with Gasteiger partial charge in [0, 0.05) is 34.2 Å². The molecular formula is C50H33N3O. The van der Waals surface area contributed by atoms with Gasteiger partial charge in [0.1, 0.15) is 11.9 Å². The molecule has 4 heteroatoms. The largest absolute Gasteiger partial charge is 0.485 e. The molecule has 4 nitrogen and oxygen atoms in total. The lowest BCUT2D eigenvalue weighted by molar-refractivity contribution is 0.206. The number of para-hydroxylation sites is 1. The fraction of sp³-hybridized carbons (Fsp3) is 0.0600. The van der Waals surface area contributed by atoms with Gasteiger partial charge in [-0.2, -0.15) is 0 Å². The summed E-state index contributed by atoms with van der Waals surface area (Å²) in [5.41, 5.74) is 12.0. The minimum Gasteiger partial charge on any atom is -0.485 e. The zero-order valence-electron chi connectivity index (χ0n) is 29.4. The topological polar surface area (TPSA) is 47.9 Å². The van der Waals surface area contributed by atoms with Gasteiger partial charge < -0.3 is 4.74 Å². The molecule has 1 spiro atoms. The monoisotopic (exact) mass is 691 g/mol. The van der Waals surface area contributed by atoms with Crippen molar-refractivity contribution in [1.29, 1.82) is 0 Å². The first-order chi connectivity index (χ1) is 26.8. The highest BCUT2D eigenvalue weighted by Crippen LogP contribution is 2.62. The highest BCUT2D eigenvalue weighted by atomic mass is 16.5. The third kappa shape index (κ3) is 4.47. The van der Waals surface area contributed by atoms with Crippen molar-refractivity contribution in [3.05, 3.63) is 204 Å². The number of fused-ring (bicyclic) bond motifs is 10. The lowest BCUT2D eigenvalue weighted by Crippen LogP contribution is -2.42. The van der Waals surface area contributed by atoms with Crippen LogP contribution in [0.25, 0.3) is 67.2 Å². The highest BCUT2D eigenvalue weighted by Gasteiger charge is 2.54. The van der Waals surface area contributed by atoms with Gasteiger partial charge in [0.05, 0.1) is 5.41 Å². The number of aromatic nitrogens is 3. The molecule has 1 unspecified atom stereocenters. The standard InChI is InChI=1S/C50H33N3O/c1-2-17-33(18-3-1)47-51-48(39-26-14-19-32-16-4-5-20-34(32)39)53-49(52-47)40-24-7-6-21-35(40)38-25-15-30-44-46(38)54-45-31-13-12-29-43(45)50(44)41-27-10-8-22-36(41)37-23-9-11-28-42(37)50/h1-30,45H,31H2. The van der Waals surface area contributed by atoms with Crippen LogP contribution in [0.5, 0.6) is 5.75 Å². The molecule has 0 saturated carbocycles. The number of ether oxygens (including phenoxy) is 1. The molecule has 2 aliphatic carbocycles. The second-order valence-corrected chi connectivity index (χ2v) is 14.2. The first kappa shape index (κ1) is 30.7. The van der Waals surface area contributed by atoms with Gasteiger partial charge in [-0.25, -0.2) is 15.0 Å². The van der Waals surface area contributed by atoms with E-state index < -0.39 is 5.41 Å². The van der Waals surface area contributed by atoms with E-state index in [2.05, 4.69) is 164 Å². The van der Waals surface area contributed by atoms with Crippen molar-refractivity contribution in [2.75, 3.05) is 0 Å². The van der Waals surface area contributed by atoms with Crippen LogP contribution in [0.3, 0.4) is 0 Å². The molecule has 54 heavy (non-hydrogen) atoms. The van der Waals surface area contributed by atoms with E-state index >= 15 is 0 Å². The van der Waals surface area contributed by atoms with Gasteiger partial charge in [-0.15, -0.1) is 0 Å². The number of rotatable bonds is 4. The molecule has 11 rings (SSSR count). The van der Waals surface area contributed by atoms with Crippen molar-refractivity contribution in [3.63, 3.8) is 0 Å². The molecule has 7 aromatic carbocycles. The molecular weight excluding hydrogens is 659 g/mol. The Kier molecular flexibility index (Phi) is 6.86. The summed E-state index contributed by atoms with van der Waals surface area (Å²) in [6.07, 6.45) is 7.40. The highest BCUT2D eigenvalue weighted by molar-refractivity contribution is 5.96. The van der Waals surface area contributed by atoms with Gasteiger partial charge >= 0.3 is 0 Å². The van der Waals surface area contributed by atoms with Crippen LogP contribution in [0.15, 0.2) is 188 Å². The number of allylic oxidation sites excluding steroid dienone is 2. The molecule has 0 N–H and O–H groups in total. The van der Waals surface area contributed by atoms with Crippen LogP contribution in [-0.4, -0.2) is 21.1 Å². The van der Waals surface area contributed by atoms with Crippen LogP contribution in [0.4, 0.5) is 0 Å². The molecule has 0 fully saturated rings. The van der Waals surface area contributed by atoms with Crippen molar-refractivity contribution in [1.82, 2.24) is 15.0 Å². The van der Waals surface area contributed by atoms with Gasteiger partial charge in [0.2, 0.25) is 0 Å². The second-order valence-electron chi connectivity index (χ2n) is 14.2. The van der Waals surface area contributed by atoms with E-state index in [1.165, 1.54) is 27.8 Å². The minimum atomic E-state index is -0.490. The molecule has 0 amide bonds. The Hall–Kier alpha value is -6.91. The predicted octanol–water partition coefficient (Wildman–Crippen LogP) is 11.7. The molecule has 2 heterocycles. The zero-order chi connectivity index (χ0) is 35.6. The SMILES string of the molecule is C1=CCC2Oc3c(-c4ccccc4-c4nc(-c5ccccc5)nc(-c5cccc6ccccc56)n4)cccc3C3(C2=C1)c1ccccc1-c1ccccc13. The van der Waals surface area contributed by atoms with Gasteiger partial charge in [-0.1, -0.05) is 182 Å². The number of benzene rings is 7. The van der Waals surface area contributed by atoms with E-state index in [4.69, 9.17) is 19.7 Å². The van der Waals surface area contributed by atoms with Gasteiger partial charge in [-0.05, 0) is 44.2 Å². The number of hydrogen-bond donors (Lipinski definition) is 0. The van der Waals surface area contributed by atoms with E-state index in [0.29, 0.717) is 17.5 Å². The quantitative estimate of drug-likeness (QED) is 0.184. The summed E-state index contributed by atoms with van der Waals surface area (Å²) in [5, 5.41) is 2.24. The Morgan fingerprint density at radius 2 is 1.02 bits per heavy atom. The van der Waals surface area contributed by atoms with Crippen LogP contribution >= 0.6 is 0 Å². The Bertz CT molecular complexity index is 2800. The Morgan fingerprint density at radius 3 is 1.81 bits per heavy atom. The Labute approximate surface area is 313 Å². The Morgan fingerprint density at radius 1 is 0.463 bits per heavy atom. The molecule has 254 valence electrons. The molecule has 0 saturated heterocycles. The number of nitrogens with zero attached hydrogens (tertiary/aromatic N) is 3. The van der Waals surface area contributed by atoms with Crippen LogP contribution in [0.1, 0.15) is 23.1 Å². The maximum absolute atomic E-state index is 7.19. The molecule has 1 aliphatic heterocycles. The van der Waals surface area contributed by atoms with Gasteiger partial charge in [-0.3, -0.25) is 0 Å². The third-order valence-corrected chi connectivity index (χ3v) is 11.3. The molecule has 1 atom stereocenters. The molecule has 0 radical (unpaired) electrons. The van der Waals surface area contributed by atoms with Crippen LogP contribution in [0.2, 0.25) is 0 Å². The van der Waals surface area contributed by atoms with E-state index in [1.807, 2.05) is 18.2 Å². The summed E-state index contributed by atoms with van der Waals surface area (Å²) in [6, 6.07) is 57.8. The minimum absolute atomic E-state index is 0.116. The summed E-state index contributed by atoms with van der Waals surface area (Å²) >= 11 is 0. The fourth-order valence-corrected chi connectivity index (χ4v) is 9.06. The average molecular weight is 692 g/mol. The molecule has 1 aromatic heterocycles. The van der Waals surface area contributed by atoms with Crippen molar-refractivity contribution in [2.45, 2.75) is 17.9 Å². The summed E-state index contributed by atoms with van der Waals surface area (Å²) in [6.45, 7) is 0. The fourth-order valence-electron chi connectivity index (χ4n) is 9.06. The summed E-state index contributed by atoms with van der Waals surface area (Å²) < 4.78 is 7.19. The van der Waals surface area contributed by atoms with E-state index in [0.717, 1.165) is 56.3 Å².